The summed E-state index contributed by atoms with van der Waals surface area (Å²) in [4.78, 5) is 23.0. The third-order valence-corrected chi connectivity index (χ3v) is 5.40. The van der Waals surface area contributed by atoms with Crippen molar-refractivity contribution in [1.82, 2.24) is 14.9 Å². The summed E-state index contributed by atoms with van der Waals surface area (Å²) in [6, 6.07) is 4.41. The van der Waals surface area contributed by atoms with E-state index in [-0.39, 0.29) is 6.03 Å². The molecule has 1 aliphatic heterocycles. The van der Waals surface area contributed by atoms with Crippen molar-refractivity contribution in [3.63, 3.8) is 0 Å². The van der Waals surface area contributed by atoms with Gasteiger partial charge in [0, 0.05) is 49.6 Å². The molecular formula is C16H21N5O. The monoisotopic (exact) mass is 299 g/mol. The van der Waals surface area contributed by atoms with Gasteiger partial charge in [0.15, 0.2) is 0 Å². The Morgan fingerprint density at radius 2 is 2.09 bits per heavy atom. The van der Waals surface area contributed by atoms with Crippen molar-refractivity contribution in [1.29, 1.82) is 0 Å². The highest BCUT2D eigenvalue weighted by Crippen LogP contribution is 2.41. The van der Waals surface area contributed by atoms with Crippen LogP contribution in [0.2, 0.25) is 0 Å². The Kier molecular flexibility index (Phi) is 2.99. The predicted molar refractivity (Wildman–Crippen MR) is 85.7 cm³/mol. The van der Waals surface area contributed by atoms with E-state index in [9.17, 15) is 4.79 Å². The largest absolute Gasteiger partial charge is 0.371 e. The predicted octanol–water partition coefficient (Wildman–Crippen LogP) is 1.79. The second-order valence-corrected chi connectivity index (χ2v) is 6.57. The number of hydrogen-bond acceptors (Lipinski definition) is 3. The Morgan fingerprint density at radius 3 is 2.77 bits per heavy atom. The lowest BCUT2D eigenvalue weighted by atomic mass is 10.0. The molecule has 2 aliphatic rings. The molecule has 2 unspecified atom stereocenters. The van der Waals surface area contributed by atoms with Crippen LogP contribution in [0.5, 0.6) is 0 Å². The third kappa shape index (κ3) is 2.01. The molecule has 2 aromatic rings. The minimum Gasteiger partial charge on any atom is -0.371 e. The van der Waals surface area contributed by atoms with E-state index < -0.39 is 0 Å². The lowest BCUT2D eigenvalue weighted by Gasteiger charge is -2.28. The van der Waals surface area contributed by atoms with Crippen LogP contribution in [0, 0.1) is 11.8 Å². The number of rotatable bonds is 2. The van der Waals surface area contributed by atoms with Gasteiger partial charge >= 0.3 is 6.03 Å². The molecule has 2 atom stereocenters. The lowest BCUT2D eigenvalue weighted by molar-refractivity contribution is 0.214. The molecule has 2 amide bonds. The van der Waals surface area contributed by atoms with E-state index in [4.69, 9.17) is 5.73 Å². The third-order valence-electron chi connectivity index (χ3n) is 5.40. The molecule has 1 aliphatic carbocycles. The van der Waals surface area contributed by atoms with Crippen LogP contribution < -0.4 is 10.6 Å². The van der Waals surface area contributed by atoms with Crippen molar-refractivity contribution in [3.05, 3.63) is 24.5 Å². The van der Waals surface area contributed by atoms with Gasteiger partial charge in [0.25, 0.3) is 0 Å². The van der Waals surface area contributed by atoms with Gasteiger partial charge in [-0.25, -0.2) is 9.78 Å². The molecule has 0 radical (unpaired) electrons. The standard InChI is InChI=1S/C16H21N5O/c1-20(14-3-5-19-15-13(14)2-4-18-15)12-6-10-8-21(16(17)22)9-11(10)7-12/h2-5,10-12H,6-9H2,1H3,(H2,17,22)(H,18,19). The molecule has 6 heteroatoms. The Morgan fingerprint density at radius 1 is 1.36 bits per heavy atom. The minimum atomic E-state index is -0.275. The maximum Gasteiger partial charge on any atom is 0.314 e. The number of amides is 2. The minimum absolute atomic E-state index is 0.275. The summed E-state index contributed by atoms with van der Waals surface area (Å²) in [7, 11) is 2.17. The van der Waals surface area contributed by atoms with Crippen LogP contribution in [0.3, 0.4) is 0 Å². The van der Waals surface area contributed by atoms with E-state index in [0.717, 1.165) is 31.6 Å². The van der Waals surface area contributed by atoms with Crippen LogP contribution in [0.25, 0.3) is 11.0 Å². The summed E-state index contributed by atoms with van der Waals surface area (Å²) in [6.45, 7) is 1.64. The van der Waals surface area contributed by atoms with E-state index in [2.05, 4.69) is 34.0 Å². The quantitative estimate of drug-likeness (QED) is 0.887. The first-order chi connectivity index (χ1) is 10.6. The Balaban J connectivity index is 1.53. The van der Waals surface area contributed by atoms with Crippen LogP contribution in [0.4, 0.5) is 10.5 Å². The number of urea groups is 1. The number of anilines is 1. The summed E-state index contributed by atoms with van der Waals surface area (Å²) in [5.74, 6) is 1.17. The van der Waals surface area contributed by atoms with E-state index >= 15 is 0 Å². The molecule has 22 heavy (non-hydrogen) atoms. The summed E-state index contributed by atoms with van der Waals surface area (Å²) >= 11 is 0. The fourth-order valence-electron chi connectivity index (χ4n) is 4.21. The Hall–Kier alpha value is -2.24. The summed E-state index contributed by atoms with van der Waals surface area (Å²) < 4.78 is 0. The fraction of sp³-hybridized carbons (Fsp3) is 0.500. The summed E-state index contributed by atoms with van der Waals surface area (Å²) in [5.41, 5.74) is 7.56. The van der Waals surface area contributed by atoms with Crippen LogP contribution in [-0.2, 0) is 0 Å². The molecular weight excluding hydrogens is 278 g/mol. The zero-order valence-corrected chi connectivity index (χ0v) is 12.7. The number of hydrogen-bond donors (Lipinski definition) is 2. The van der Waals surface area contributed by atoms with Crippen LogP contribution in [0.1, 0.15) is 12.8 Å². The second kappa shape index (κ2) is 4.90. The van der Waals surface area contributed by atoms with E-state index in [1.807, 2.05) is 12.4 Å². The number of aromatic amines is 1. The van der Waals surface area contributed by atoms with Crippen LogP contribution >= 0.6 is 0 Å². The number of H-pyrrole nitrogens is 1. The van der Waals surface area contributed by atoms with Gasteiger partial charge in [0.2, 0.25) is 0 Å². The van der Waals surface area contributed by atoms with Gasteiger partial charge < -0.3 is 20.5 Å². The second-order valence-electron chi connectivity index (χ2n) is 6.57. The first-order valence-corrected chi connectivity index (χ1v) is 7.83. The molecule has 116 valence electrons. The average Bonchev–Trinajstić information content (AvgIpc) is 3.18. The number of pyridine rings is 1. The van der Waals surface area contributed by atoms with Crippen LogP contribution in [0.15, 0.2) is 24.5 Å². The zero-order chi connectivity index (χ0) is 15.3. The maximum atomic E-state index is 11.3. The molecule has 0 spiro atoms. The molecule has 4 rings (SSSR count). The first kappa shape index (κ1) is 13.4. The summed E-state index contributed by atoms with van der Waals surface area (Å²) in [5, 5.41) is 1.17. The SMILES string of the molecule is CN(c1ccnc2[nH]ccc12)C1CC2CN(C(N)=O)CC2C1. The highest BCUT2D eigenvalue weighted by molar-refractivity contribution is 5.89. The molecule has 2 fully saturated rings. The lowest BCUT2D eigenvalue weighted by Crippen LogP contribution is -2.36. The number of nitrogens with one attached hydrogen (secondary N) is 1. The van der Waals surface area contributed by atoms with Gasteiger partial charge in [0.05, 0.1) is 0 Å². The van der Waals surface area contributed by atoms with Gasteiger partial charge in [-0.2, -0.15) is 0 Å². The van der Waals surface area contributed by atoms with Crippen molar-refractivity contribution in [2.24, 2.45) is 17.6 Å². The fourth-order valence-corrected chi connectivity index (χ4v) is 4.21. The summed E-state index contributed by atoms with van der Waals surface area (Å²) in [6.07, 6.45) is 6.04. The topological polar surface area (TPSA) is 78.2 Å². The molecule has 0 aromatic carbocycles. The Labute approximate surface area is 129 Å². The maximum absolute atomic E-state index is 11.3. The molecule has 6 nitrogen and oxygen atoms in total. The van der Waals surface area contributed by atoms with Crippen molar-refractivity contribution in [2.75, 3.05) is 25.0 Å². The number of carbonyl (C=O) groups is 1. The molecule has 1 saturated carbocycles. The van der Waals surface area contributed by atoms with Gasteiger partial charge in [-0.05, 0) is 36.8 Å². The highest BCUT2D eigenvalue weighted by atomic mass is 16.2. The number of nitrogens with two attached hydrogens (primary N) is 1. The molecule has 0 bridgehead atoms. The zero-order valence-electron chi connectivity index (χ0n) is 12.7. The molecule has 3 N–H and O–H groups in total. The smallest absolute Gasteiger partial charge is 0.314 e. The van der Waals surface area contributed by atoms with Gasteiger partial charge in [-0.15, -0.1) is 0 Å². The number of fused-ring (bicyclic) bond motifs is 2. The van der Waals surface area contributed by atoms with E-state index in [1.165, 1.54) is 11.1 Å². The van der Waals surface area contributed by atoms with E-state index in [0.29, 0.717) is 17.9 Å². The number of primary amides is 1. The van der Waals surface area contributed by atoms with Crippen molar-refractivity contribution >= 4 is 22.8 Å². The molecule has 2 aromatic heterocycles. The number of likely N-dealkylation sites (tertiary alicyclic amines) is 1. The number of nitrogens with zero attached hydrogens (tertiary/aromatic N) is 3. The van der Waals surface area contributed by atoms with Crippen LogP contribution in [-0.4, -0.2) is 47.1 Å². The average molecular weight is 299 g/mol. The van der Waals surface area contributed by atoms with Crippen molar-refractivity contribution in [2.45, 2.75) is 18.9 Å². The molecule has 3 heterocycles. The van der Waals surface area contributed by atoms with Gasteiger partial charge in [-0.1, -0.05) is 0 Å². The van der Waals surface area contributed by atoms with Crippen molar-refractivity contribution in [3.8, 4) is 0 Å². The van der Waals surface area contributed by atoms with E-state index in [1.54, 1.807) is 4.90 Å². The normalized spacial score (nSPS) is 27.3. The highest BCUT2D eigenvalue weighted by Gasteiger charge is 2.43. The van der Waals surface area contributed by atoms with Crippen molar-refractivity contribution < 1.29 is 4.79 Å². The number of aromatic nitrogens is 2. The van der Waals surface area contributed by atoms with Gasteiger partial charge in [0.1, 0.15) is 5.65 Å². The molecule has 1 saturated heterocycles. The first-order valence-electron chi connectivity index (χ1n) is 7.83. The number of carbonyl (C=O) groups excluding carboxylic acids is 1. The Bertz CT molecular complexity index is 697. The van der Waals surface area contributed by atoms with Gasteiger partial charge in [-0.3, -0.25) is 0 Å².